The number of benzene rings is 1. The second kappa shape index (κ2) is 7.02. The number of hydrogen-bond donors (Lipinski definition) is 1. The van der Waals surface area contributed by atoms with Crippen LogP contribution in [0.4, 0.5) is 4.39 Å². The molecule has 1 aromatic carbocycles. The molecule has 0 aromatic heterocycles. The van der Waals surface area contributed by atoms with Crippen LogP contribution in [0.2, 0.25) is 0 Å². The van der Waals surface area contributed by atoms with Crippen molar-refractivity contribution in [2.75, 3.05) is 27.3 Å². The van der Waals surface area contributed by atoms with E-state index in [-0.39, 0.29) is 17.7 Å². The van der Waals surface area contributed by atoms with Gasteiger partial charge in [-0.15, -0.1) is 0 Å². The van der Waals surface area contributed by atoms with E-state index in [1.54, 1.807) is 13.2 Å². The Morgan fingerprint density at radius 2 is 2.20 bits per heavy atom. The summed E-state index contributed by atoms with van der Waals surface area (Å²) in [5, 5.41) is 0. The molecule has 112 valence electrons. The van der Waals surface area contributed by atoms with Crippen molar-refractivity contribution in [1.82, 2.24) is 4.90 Å². The highest BCUT2D eigenvalue weighted by Crippen LogP contribution is 2.23. The smallest absolute Gasteiger partial charge is 0.165 e. The molecule has 0 radical (unpaired) electrons. The lowest BCUT2D eigenvalue weighted by Crippen LogP contribution is -2.47. The molecule has 0 bridgehead atoms. The molecule has 1 heterocycles. The number of methoxy groups -OCH3 is 2. The van der Waals surface area contributed by atoms with Gasteiger partial charge in [0.1, 0.15) is 0 Å². The molecule has 5 heteroatoms. The molecule has 1 aliphatic heterocycles. The molecule has 0 saturated carbocycles. The minimum Gasteiger partial charge on any atom is -0.494 e. The van der Waals surface area contributed by atoms with E-state index in [0.29, 0.717) is 19.1 Å². The third-order valence-electron chi connectivity index (χ3n) is 4.00. The average molecular weight is 282 g/mol. The fourth-order valence-electron chi connectivity index (χ4n) is 2.77. The van der Waals surface area contributed by atoms with Crippen LogP contribution in [-0.4, -0.2) is 44.4 Å². The molecule has 0 spiro atoms. The normalized spacial score (nSPS) is 23.8. The fraction of sp³-hybridized carbons (Fsp3) is 0.600. The Bertz CT molecular complexity index is 442. The topological polar surface area (TPSA) is 47.7 Å². The van der Waals surface area contributed by atoms with Gasteiger partial charge in [-0.1, -0.05) is 6.07 Å². The highest BCUT2D eigenvalue weighted by molar-refractivity contribution is 5.29. The minimum atomic E-state index is -0.318. The van der Waals surface area contributed by atoms with E-state index in [2.05, 4.69) is 4.90 Å². The van der Waals surface area contributed by atoms with Gasteiger partial charge in [0.2, 0.25) is 0 Å². The number of rotatable bonds is 5. The average Bonchev–Trinajstić information content (AvgIpc) is 2.48. The lowest BCUT2D eigenvalue weighted by Gasteiger charge is -2.38. The number of ether oxygens (including phenoxy) is 2. The molecule has 1 fully saturated rings. The first-order valence-corrected chi connectivity index (χ1v) is 6.97. The van der Waals surface area contributed by atoms with Crippen LogP contribution in [0.25, 0.3) is 0 Å². The number of nitrogens with zero attached hydrogens (tertiary/aromatic N) is 1. The van der Waals surface area contributed by atoms with Crippen LogP contribution in [0.5, 0.6) is 5.75 Å². The van der Waals surface area contributed by atoms with Gasteiger partial charge in [0, 0.05) is 32.8 Å². The molecule has 1 saturated heterocycles. The number of likely N-dealkylation sites (tertiary alicyclic amines) is 1. The maximum Gasteiger partial charge on any atom is 0.165 e. The van der Waals surface area contributed by atoms with Crippen molar-refractivity contribution in [3.05, 3.63) is 29.6 Å². The van der Waals surface area contributed by atoms with Gasteiger partial charge < -0.3 is 15.2 Å². The summed E-state index contributed by atoms with van der Waals surface area (Å²) < 4.78 is 24.1. The van der Waals surface area contributed by atoms with Crippen LogP contribution >= 0.6 is 0 Å². The van der Waals surface area contributed by atoms with E-state index in [1.807, 2.05) is 6.07 Å². The van der Waals surface area contributed by atoms with Crippen molar-refractivity contribution in [2.24, 2.45) is 5.73 Å². The summed E-state index contributed by atoms with van der Waals surface area (Å²) in [6, 6.07) is 5.40. The van der Waals surface area contributed by atoms with E-state index in [9.17, 15) is 4.39 Å². The summed E-state index contributed by atoms with van der Waals surface area (Å²) in [5.41, 5.74) is 6.79. The van der Waals surface area contributed by atoms with Crippen LogP contribution in [0.15, 0.2) is 18.2 Å². The standard InChI is InChI=1S/C15H23FN2O2/c1-19-13-5-6-18(12(8-13)9-17)10-11-3-4-15(20-2)14(16)7-11/h3-4,7,12-13H,5-6,8-10,17H2,1-2H3. The zero-order valence-electron chi connectivity index (χ0n) is 12.1. The van der Waals surface area contributed by atoms with Gasteiger partial charge in [-0.2, -0.15) is 0 Å². The predicted octanol–water partition coefficient (Wildman–Crippen LogP) is 1.77. The highest BCUT2D eigenvalue weighted by Gasteiger charge is 2.27. The third kappa shape index (κ3) is 3.48. The van der Waals surface area contributed by atoms with Crippen molar-refractivity contribution in [3.63, 3.8) is 0 Å². The number of nitrogens with two attached hydrogens (primary N) is 1. The number of halogens is 1. The summed E-state index contributed by atoms with van der Waals surface area (Å²) in [7, 11) is 3.21. The molecular formula is C15H23FN2O2. The van der Waals surface area contributed by atoms with Crippen LogP contribution in [0, 0.1) is 5.82 Å². The monoisotopic (exact) mass is 282 g/mol. The molecule has 1 aliphatic rings. The molecule has 2 atom stereocenters. The van der Waals surface area contributed by atoms with E-state index in [0.717, 1.165) is 24.9 Å². The Hall–Kier alpha value is -1.17. The molecule has 2 rings (SSSR count). The van der Waals surface area contributed by atoms with E-state index >= 15 is 0 Å². The predicted molar refractivity (Wildman–Crippen MR) is 76.2 cm³/mol. The Kier molecular flexibility index (Phi) is 5.34. The number of piperidine rings is 1. The van der Waals surface area contributed by atoms with Crippen molar-refractivity contribution in [3.8, 4) is 5.75 Å². The molecule has 0 amide bonds. The summed E-state index contributed by atoms with van der Waals surface area (Å²) in [5.74, 6) is -0.0386. The van der Waals surface area contributed by atoms with Gasteiger partial charge >= 0.3 is 0 Å². The SMILES string of the molecule is COc1ccc(CN2CCC(OC)CC2CN)cc1F. The van der Waals surface area contributed by atoms with Gasteiger partial charge in [-0.25, -0.2) is 4.39 Å². The maximum atomic E-state index is 13.7. The van der Waals surface area contributed by atoms with Gasteiger partial charge in [0.15, 0.2) is 11.6 Å². The first-order valence-electron chi connectivity index (χ1n) is 6.97. The largest absolute Gasteiger partial charge is 0.494 e. The fourth-order valence-corrected chi connectivity index (χ4v) is 2.77. The second-order valence-corrected chi connectivity index (χ2v) is 5.21. The van der Waals surface area contributed by atoms with Crippen LogP contribution in [0.1, 0.15) is 18.4 Å². The zero-order chi connectivity index (χ0) is 14.5. The van der Waals surface area contributed by atoms with E-state index < -0.39 is 0 Å². The Morgan fingerprint density at radius 1 is 1.40 bits per heavy atom. The van der Waals surface area contributed by atoms with E-state index in [1.165, 1.54) is 13.2 Å². The number of hydrogen-bond acceptors (Lipinski definition) is 4. The van der Waals surface area contributed by atoms with Crippen LogP contribution < -0.4 is 10.5 Å². The molecule has 4 nitrogen and oxygen atoms in total. The van der Waals surface area contributed by atoms with Crippen LogP contribution in [0.3, 0.4) is 0 Å². The molecule has 2 unspecified atom stereocenters. The molecule has 20 heavy (non-hydrogen) atoms. The third-order valence-corrected chi connectivity index (χ3v) is 4.00. The van der Waals surface area contributed by atoms with Gasteiger partial charge in [-0.3, -0.25) is 4.90 Å². The van der Waals surface area contributed by atoms with Gasteiger partial charge in [0.25, 0.3) is 0 Å². The van der Waals surface area contributed by atoms with Crippen LogP contribution in [-0.2, 0) is 11.3 Å². The summed E-state index contributed by atoms with van der Waals surface area (Å²) in [6.45, 7) is 2.23. The first kappa shape index (κ1) is 15.2. The lowest BCUT2D eigenvalue weighted by molar-refractivity contribution is 0.0102. The summed E-state index contributed by atoms with van der Waals surface area (Å²) in [4.78, 5) is 2.30. The molecular weight excluding hydrogens is 259 g/mol. The van der Waals surface area contributed by atoms with Crippen molar-refractivity contribution in [1.29, 1.82) is 0 Å². The first-order chi connectivity index (χ1) is 9.67. The molecule has 2 N–H and O–H groups in total. The van der Waals surface area contributed by atoms with Gasteiger partial charge in [0.05, 0.1) is 13.2 Å². The molecule has 0 aliphatic carbocycles. The van der Waals surface area contributed by atoms with Gasteiger partial charge in [-0.05, 0) is 30.5 Å². The van der Waals surface area contributed by atoms with Crippen molar-refractivity contribution in [2.45, 2.75) is 31.5 Å². The Balaban J connectivity index is 2.03. The summed E-state index contributed by atoms with van der Waals surface area (Å²) >= 11 is 0. The zero-order valence-corrected chi connectivity index (χ0v) is 12.1. The minimum absolute atomic E-state index is 0.280. The van der Waals surface area contributed by atoms with E-state index in [4.69, 9.17) is 15.2 Å². The molecule has 1 aromatic rings. The summed E-state index contributed by atoms with van der Waals surface area (Å²) in [6.07, 6.45) is 2.21. The van der Waals surface area contributed by atoms with Crippen molar-refractivity contribution < 1.29 is 13.9 Å². The Morgan fingerprint density at radius 3 is 2.80 bits per heavy atom. The highest BCUT2D eigenvalue weighted by atomic mass is 19.1. The Labute approximate surface area is 119 Å². The second-order valence-electron chi connectivity index (χ2n) is 5.21. The lowest BCUT2D eigenvalue weighted by atomic mass is 9.98. The quantitative estimate of drug-likeness (QED) is 0.894. The maximum absolute atomic E-state index is 13.7. The van der Waals surface area contributed by atoms with Crippen molar-refractivity contribution >= 4 is 0 Å².